The Hall–Kier alpha value is -2.04. The molecule has 5 heteroatoms. The first-order chi connectivity index (χ1) is 9.22. The van der Waals surface area contributed by atoms with Crippen LogP contribution in [0.2, 0.25) is 0 Å². The number of methoxy groups -OCH3 is 1. The molecule has 0 unspecified atom stereocenters. The molecule has 0 aliphatic carbocycles. The standard InChI is InChI=1S/C14H17NO4/c1-18-13(16)7-4-8-15-9-10-19-12-6-3-2-5-11(12)14(15)17/h2-3,5-6H,4,7-10H2,1H3. The first kappa shape index (κ1) is 13.4. The Morgan fingerprint density at radius 2 is 2.21 bits per heavy atom. The van der Waals surface area contributed by atoms with E-state index in [1.807, 2.05) is 12.1 Å². The molecule has 1 aliphatic heterocycles. The molecule has 0 saturated carbocycles. The van der Waals surface area contributed by atoms with Crippen LogP contribution in [0.25, 0.3) is 0 Å². The lowest BCUT2D eigenvalue weighted by molar-refractivity contribution is -0.140. The molecule has 1 aromatic carbocycles. The summed E-state index contributed by atoms with van der Waals surface area (Å²) in [5.41, 5.74) is 0.582. The maximum Gasteiger partial charge on any atom is 0.305 e. The zero-order valence-corrected chi connectivity index (χ0v) is 10.9. The lowest BCUT2D eigenvalue weighted by Crippen LogP contribution is -2.33. The average Bonchev–Trinajstić information content (AvgIpc) is 2.59. The molecule has 2 rings (SSSR count). The fourth-order valence-corrected chi connectivity index (χ4v) is 2.04. The summed E-state index contributed by atoms with van der Waals surface area (Å²) in [5, 5.41) is 0. The van der Waals surface area contributed by atoms with Crippen LogP contribution in [0, 0.1) is 0 Å². The maximum absolute atomic E-state index is 12.3. The van der Waals surface area contributed by atoms with Crippen LogP contribution >= 0.6 is 0 Å². The Labute approximate surface area is 112 Å². The number of carbonyl (C=O) groups excluding carboxylic acids is 2. The highest BCUT2D eigenvalue weighted by atomic mass is 16.5. The van der Waals surface area contributed by atoms with Crippen molar-refractivity contribution >= 4 is 11.9 Å². The van der Waals surface area contributed by atoms with Crippen LogP contribution in [0.5, 0.6) is 5.75 Å². The summed E-state index contributed by atoms with van der Waals surface area (Å²) in [7, 11) is 1.36. The van der Waals surface area contributed by atoms with E-state index in [9.17, 15) is 9.59 Å². The number of esters is 1. The summed E-state index contributed by atoms with van der Waals surface area (Å²) in [6.45, 7) is 1.54. The number of ether oxygens (including phenoxy) is 2. The van der Waals surface area contributed by atoms with E-state index in [4.69, 9.17) is 4.74 Å². The van der Waals surface area contributed by atoms with Crippen molar-refractivity contribution in [3.8, 4) is 5.75 Å². The number of amides is 1. The van der Waals surface area contributed by atoms with Gasteiger partial charge in [0.1, 0.15) is 12.4 Å². The van der Waals surface area contributed by atoms with Crippen LogP contribution in [-0.2, 0) is 9.53 Å². The minimum Gasteiger partial charge on any atom is -0.491 e. The van der Waals surface area contributed by atoms with Crippen LogP contribution in [0.4, 0.5) is 0 Å². The van der Waals surface area contributed by atoms with E-state index < -0.39 is 0 Å². The van der Waals surface area contributed by atoms with Gasteiger partial charge >= 0.3 is 5.97 Å². The third-order valence-electron chi connectivity index (χ3n) is 3.06. The van der Waals surface area contributed by atoms with Crippen LogP contribution < -0.4 is 4.74 Å². The Kier molecular flexibility index (Phi) is 4.39. The molecule has 0 spiro atoms. The minimum absolute atomic E-state index is 0.0436. The predicted molar refractivity (Wildman–Crippen MR) is 69.1 cm³/mol. The molecule has 1 amide bonds. The predicted octanol–water partition coefficient (Wildman–Crippen LogP) is 1.47. The minimum atomic E-state index is -0.251. The highest BCUT2D eigenvalue weighted by Gasteiger charge is 2.22. The van der Waals surface area contributed by atoms with Gasteiger partial charge in [-0.25, -0.2) is 0 Å². The summed E-state index contributed by atoms with van der Waals surface area (Å²) in [6, 6.07) is 7.22. The van der Waals surface area contributed by atoms with Crippen molar-refractivity contribution in [1.29, 1.82) is 0 Å². The fourth-order valence-electron chi connectivity index (χ4n) is 2.04. The van der Waals surface area contributed by atoms with Crippen LogP contribution in [0.15, 0.2) is 24.3 Å². The Balaban J connectivity index is 1.99. The molecule has 1 heterocycles. The molecule has 0 N–H and O–H groups in total. The molecule has 0 fully saturated rings. The summed E-state index contributed by atoms with van der Waals surface area (Å²) in [6.07, 6.45) is 0.920. The van der Waals surface area contributed by atoms with E-state index in [1.165, 1.54) is 7.11 Å². The fraction of sp³-hybridized carbons (Fsp3) is 0.429. The van der Waals surface area contributed by atoms with Crippen molar-refractivity contribution in [2.75, 3.05) is 26.8 Å². The number of carbonyl (C=O) groups is 2. The molecule has 0 atom stereocenters. The third-order valence-corrected chi connectivity index (χ3v) is 3.06. The summed E-state index contributed by atoms with van der Waals surface area (Å²) >= 11 is 0. The smallest absolute Gasteiger partial charge is 0.305 e. The van der Waals surface area contributed by atoms with E-state index in [0.717, 1.165) is 0 Å². The second-order valence-corrected chi connectivity index (χ2v) is 4.32. The average molecular weight is 263 g/mol. The van der Waals surface area contributed by atoms with Gasteiger partial charge in [-0.2, -0.15) is 0 Å². The van der Waals surface area contributed by atoms with Gasteiger partial charge in [-0.15, -0.1) is 0 Å². The first-order valence-electron chi connectivity index (χ1n) is 6.30. The number of fused-ring (bicyclic) bond motifs is 1. The number of nitrogens with zero attached hydrogens (tertiary/aromatic N) is 1. The molecule has 0 saturated heterocycles. The van der Waals surface area contributed by atoms with Crippen LogP contribution in [0.1, 0.15) is 23.2 Å². The number of hydrogen-bond acceptors (Lipinski definition) is 4. The molecule has 1 aliphatic rings. The number of rotatable bonds is 4. The van der Waals surface area contributed by atoms with Gasteiger partial charge in [0.15, 0.2) is 0 Å². The van der Waals surface area contributed by atoms with Gasteiger partial charge < -0.3 is 14.4 Å². The van der Waals surface area contributed by atoms with Gasteiger partial charge in [0.25, 0.3) is 5.91 Å². The summed E-state index contributed by atoms with van der Waals surface area (Å²) in [5.74, 6) is 0.333. The van der Waals surface area contributed by atoms with Gasteiger partial charge in [-0.3, -0.25) is 9.59 Å². The SMILES string of the molecule is COC(=O)CCCN1CCOc2ccccc2C1=O. The van der Waals surface area contributed by atoms with Crippen molar-refractivity contribution in [2.24, 2.45) is 0 Å². The zero-order valence-electron chi connectivity index (χ0n) is 10.9. The molecule has 0 aromatic heterocycles. The van der Waals surface area contributed by atoms with E-state index in [-0.39, 0.29) is 11.9 Å². The molecule has 102 valence electrons. The van der Waals surface area contributed by atoms with Gasteiger partial charge in [0.05, 0.1) is 19.2 Å². The topological polar surface area (TPSA) is 55.8 Å². The van der Waals surface area contributed by atoms with Crippen molar-refractivity contribution in [1.82, 2.24) is 4.90 Å². The Bertz CT molecular complexity index is 472. The second-order valence-electron chi connectivity index (χ2n) is 4.32. The molecular formula is C14H17NO4. The van der Waals surface area contributed by atoms with Gasteiger partial charge in [0.2, 0.25) is 0 Å². The molecule has 5 nitrogen and oxygen atoms in total. The quantitative estimate of drug-likeness (QED) is 0.772. The molecule has 0 radical (unpaired) electrons. The van der Waals surface area contributed by atoms with E-state index in [0.29, 0.717) is 43.9 Å². The highest BCUT2D eigenvalue weighted by molar-refractivity contribution is 5.97. The Morgan fingerprint density at radius 1 is 1.42 bits per heavy atom. The van der Waals surface area contributed by atoms with Crippen molar-refractivity contribution in [3.63, 3.8) is 0 Å². The van der Waals surface area contributed by atoms with Crippen LogP contribution in [0.3, 0.4) is 0 Å². The van der Waals surface area contributed by atoms with Gasteiger partial charge in [-0.1, -0.05) is 12.1 Å². The lowest BCUT2D eigenvalue weighted by atomic mass is 10.1. The second kappa shape index (κ2) is 6.22. The van der Waals surface area contributed by atoms with Crippen molar-refractivity contribution < 1.29 is 19.1 Å². The van der Waals surface area contributed by atoms with Gasteiger partial charge in [-0.05, 0) is 18.6 Å². The van der Waals surface area contributed by atoms with Gasteiger partial charge in [0, 0.05) is 13.0 Å². The molecule has 0 bridgehead atoms. The zero-order chi connectivity index (χ0) is 13.7. The van der Waals surface area contributed by atoms with Crippen molar-refractivity contribution in [3.05, 3.63) is 29.8 Å². The molecule has 1 aromatic rings. The van der Waals surface area contributed by atoms with E-state index in [2.05, 4.69) is 4.74 Å². The normalized spacial score (nSPS) is 14.4. The third kappa shape index (κ3) is 3.24. The Morgan fingerprint density at radius 3 is 3.00 bits per heavy atom. The van der Waals surface area contributed by atoms with E-state index >= 15 is 0 Å². The van der Waals surface area contributed by atoms with E-state index in [1.54, 1.807) is 17.0 Å². The number of para-hydroxylation sites is 1. The number of benzene rings is 1. The molecule has 19 heavy (non-hydrogen) atoms. The highest BCUT2D eigenvalue weighted by Crippen LogP contribution is 2.22. The summed E-state index contributed by atoms with van der Waals surface area (Å²) < 4.78 is 10.1. The molecular weight excluding hydrogens is 246 g/mol. The number of hydrogen-bond donors (Lipinski definition) is 0. The largest absolute Gasteiger partial charge is 0.491 e. The monoisotopic (exact) mass is 263 g/mol. The van der Waals surface area contributed by atoms with Crippen LogP contribution in [-0.4, -0.2) is 43.6 Å². The lowest BCUT2D eigenvalue weighted by Gasteiger charge is -2.19. The first-order valence-corrected chi connectivity index (χ1v) is 6.30. The summed E-state index contributed by atoms with van der Waals surface area (Å²) in [4.78, 5) is 25.1. The maximum atomic E-state index is 12.3. The van der Waals surface area contributed by atoms with Crippen molar-refractivity contribution in [2.45, 2.75) is 12.8 Å².